The van der Waals surface area contributed by atoms with Crippen LogP contribution >= 0.6 is 22.7 Å². The van der Waals surface area contributed by atoms with Gasteiger partial charge >= 0.3 is 5.97 Å². The Kier molecular flexibility index (Phi) is 2.56. The Bertz CT molecular complexity index is 459. The summed E-state index contributed by atoms with van der Waals surface area (Å²) >= 11 is 3.15. The van der Waals surface area contributed by atoms with Crippen molar-refractivity contribution in [3.8, 4) is 0 Å². The quantitative estimate of drug-likeness (QED) is 0.706. The topological polar surface area (TPSA) is 26.3 Å². The predicted octanol–water partition coefficient (Wildman–Crippen LogP) is 3.92. The normalized spacial score (nSPS) is 11.9. The van der Waals surface area contributed by atoms with Crippen molar-refractivity contribution in [1.29, 1.82) is 0 Å². The standard InChI is InChI=1S/C11H12O2S2/c1-11(2,3)13-9(12)8-6-7-4-5-14-10(7)15-8/h4-6H,1-3H3. The van der Waals surface area contributed by atoms with Crippen LogP contribution in [0.3, 0.4) is 0 Å². The van der Waals surface area contributed by atoms with Gasteiger partial charge in [0.25, 0.3) is 0 Å². The van der Waals surface area contributed by atoms with Gasteiger partial charge in [-0.2, -0.15) is 0 Å². The lowest BCUT2D eigenvalue weighted by molar-refractivity contribution is 0.00753. The van der Waals surface area contributed by atoms with Crippen LogP contribution in [0.2, 0.25) is 0 Å². The summed E-state index contributed by atoms with van der Waals surface area (Å²) in [5, 5.41) is 3.16. The highest BCUT2D eigenvalue weighted by Crippen LogP contribution is 2.31. The van der Waals surface area contributed by atoms with Crippen LogP contribution in [0.15, 0.2) is 17.5 Å². The molecule has 0 aliphatic carbocycles. The van der Waals surface area contributed by atoms with Gasteiger partial charge in [-0.3, -0.25) is 0 Å². The zero-order chi connectivity index (χ0) is 11.1. The minimum atomic E-state index is -0.422. The van der Waals surface area contributed by atoms with Crippen molar-refractivity contribution in [1.82, 2.24) is 0 Å². The Hall–Kier alpha value is -0.870. The summed E-state index contributed by atoms with van der Waals surface area (Å²) in [6.07, 6.45) is 0. The van der Waals surface area contributed by atoms with Gasteiger partial charge < -0.3 is 4.74 Å². The molecule has 0 radical (unpaired) electrons. The van der Waals surface area contributed by atoms with E-state index in [-0.39, 0.29) is 5.97 Å². The van der Waals surface area contributed by atoms with E-state index in [1.54, 1.807) is 11.3 Å². The number of rotatable bonds is 1. The number of carbonyl (C=O) groups excluding carboxylic acids is 1. The number of ether oxygens (including phenoxy) is 1. The maximum atomic E-state index is 11.7. The SMILES string of the molecule is CC(C)(C)OC(=O)c1cc2ccsc2s1. The number of hydrogen-bond donors (Lipinski definition) is 0. The zero-order valence-electron chi connectivity index (χ0n) is 8.87. The lowest BCUT2D eigenvalue weighted by Gasteiger charge is -2.18. The molecule has 0 saturated carbocycles. The molecule has 2 heterocycles. The lowest BCUT2D eigenvalue weighted by atomic mass is 10.2. The Balaban J connectivity index is 2.24. The van der Waals surface area contributed by atoms with Crippen LogP contribution in [0.4, 0.5) is 0 Å². The maximum absolute atomic E-state index is 11.7. The second-order valence-electron chi connectivity index (χ2n) is 4.28. The molecule has 0 amide bonds. The minimum absolute atomic E-state index is 0.226. The van der Waals surface area contributed by atoms with E-state index in [0.29, 0.717) is 4.88 Å². The largest absolute Gasteiger partial charge is 0.456 e. The summed E-state index contributed by atoms with van der Waals surface area (Å²) in [4.78, 5) is 12.4. The first-order chi connectivity index (χ1) is 6.96. The third-order valence-electron chi connectivity index (χ3n) is 1.75. The fourth-order valence-corrected chi connectivity index (χ4v) is 3.18. The van der Waals surface area contributed by atoms with Crippen molar-refractivity contribution in [3.63, 3.8) is 0 Å². The first-order valence-corrected chi connectivity index (χ1v) is 6.36. The molecule has 2 aromatic heterocycles. The van der Waals surface area contributed by atoms with Gasteiger partial charge in [0, 0.05) is 5.39 Å². The molecule has 0 N–H and O–H groups in total. The Labute approximate surface area is 96.5 Å². The summed E-state index contributed by atoms with van der Waals surface area (Å²) in [6, 6.07) is 3.91. The summed E-state index contributed by atoms with van der Waals surface area (Å²) < 4.78 is 6.48. The molecule has 4 heteroatoms. The van der Waals surface area contributed by atoms with Crippen LogP contribution in [-0.2, 0) is 4.74 Å². The van der Waals surface area contributed by atoms with Crippen molar-refractivity contribution >= 4 is 38.0 Å². The molecular weight excluding hydrogens is 228 g/mol. The van der Waals surface area contributed by atoms with Crippen molar-refractivity contribution < 1.29 is 9.53 Å². The summed E-state index contributed by atoms with van der Waals surface area (Å²) in [6.45, 7) is 5.63. The van der Waals surface area contributed by atoms with E-state index in [1.807, 2.05) is 38.3 Å². The number of hydrogen-bond acceptors (Lipinski definition) is 4. The van der Waals surface area contributed by atoms with Gasteiger partial charge in [0.15, 0.2) is 0 Å². The van der Waals surface area contributed by atoms with E-state index < -0.39 is 5.60 Å². The van der Waals surface area contributed by atoms with E-state index in [4.69, 9.17) is 4.74 Å². The van der Waals surface area contributed by atoms with Crippen LogP contribution in [0, 0.1) is 0 Å². The van der Waals surface area contributed by atoms with Crippen molar-refractivity contribution in [2.45, 2.75) is 26.4 Å². The third kappa shape index (κ3) is 2.38. The van der Waals surface area contributed by atoms with Crippen molar-refractivity contribution in [2.75, 3.05) is 0 Å². The predicted molar refractivity (Wildman–Crippen MR) is 64.9 cm³/mol. The molecule has 2 aromatic rings. The Morgan fingerprint density at radius 3 is 2.73 bits per heavy atom. The van der Waals surface area contributed by atoms with E-state index in [9.17, 15) is 4.79 Å². The van der Waals surface area contributed by atoms with Gasteiger partial charge in [-0.25, -0.2) is 4.79 Å². The number of carbonyl (C=O) groups is 1. The van der Waals surface area contributed by atoms with E-state index in [1.165, 1.54) is 15.4 Å². The highest BCUT2D eigenvalue weighted by molar-refractivity contribution is 7.38. The molecule has 0 aliphatic heterocycles. The van der Waals surface area contributed by atoms with E-state index in [0.717, 1.165) is 5.39 Å². The molecule has 0 fully saturated rings. The third-order valence-corrected chi connectivity index (χ3v) is 3.93. The molecule has 0 saturated heterocycles. The first-order valence-electron chi connectivity index (χ1n) is 4.66. The zero-order valence-corrected chi connectivity index (χ0v) is 10.5. The molecule has 2 nitrogen and oxygen atoms in total. The molecule has 0 atom stereocenters. The molecule has 80 valence electrons. The van der Waals surface area contributed by atoms with E-state index in [2.05, 4.69) is 0 Å². The van der Waals surface area contributed by atoms with Crippen LogP contribution in [0.1, 0.15) is 30.4 Å². The Morgan fingerprint density at radius 2 is 2.13 bits per heavy atom. The lowest BCUT2D eigenvalue weighted by Crippen LogP contribution is -2.23. The van der Waals surface area contributed by atoms with Gasteiger partial charge in [-0.05, 0) is 38.3 Å². The van der Waals surface area contributed by atoms with Crippen LogP contribution in [-0.4, -0.2) is 11.6 Å². The summed E-state index contributed by atoms with van der Waals surface area (Å²) in [5.74, 6) is -0.226. The summed E-state index contributed by atoms with van der Waals surface area (Å²) in [7, 11) is 0. The number of fused-ring (bicyclic) bond motifs is 1. The van der Waals surface area contributed by atoms with Crippen molar-refractivity contribution in [2.24, 2.45) is 0 Å². The van der Waals surface area contributed by atoms with Crippen LogP contribution < -0.4 is 0 Å². The fourth-order valence-electron chi connectivity index (χ4n) is 1.19. The molecule has 0 bridgehead atoms. The molecule has 0 unspecified atom stereocenters. The van der Waals surface area contributed by atoms with Gasteiger partial charge in [0.1, 0.15) is 10.5 Å². The molecule has 0 aliphatic rings. The monoisotopic (exact) mass is 240 g/mol. The van der Waals surface area contributed by atoms with Gasteiger partial charge in [-0.15, -0.1) is 22.7 Å². The number of thiophene rings is 2. The van der Waals surface area contributed by atoms with Gasteiger partial charge in [0.2, 0.25) is 0 Å². The number of esters is 1. The molecule has 2 rings (SSSR count). The van der Waals surface area contributed by atoms with Crippen LogP contribution in [0.25, 0.3) is 9.40 Å². The second-order valence-corrected chi connectivity index (χ2v) is 6.50. The second kappa shape index (κ2) is 3.61. The van der Waals surface area contributed by atoms with E-state index >= 15 is 0 Å². The molecule has 15 heavy (non-hydrogen) atoms. The highest BCUT2D eigenvalue weighted by Gasteiger charge is 2.19. The van der Waals surface area contributed by atoms with Gasteiger partial charge in [0.05, 0.1) is 4.01 Å². The molecule has 0 spiro atoms. The molecule has 0 aromatic carbocycles. The van der Waals surface area contributed by atoms with Gasteiger partial charge in [-0.1, -0.05) is 0 Å². The Morgan fingerprint density at radius 1 is 1.40 bits per heavy atom. The molecular formula is C11H12O2S2. The maximum Gasteiger partial charge on any atom is 0.348 e. The van der Waals surface area contributed by atoms with Crippen LogP contribution in [0.5, 0.6) is 0 Å². The average molecular weight is 240 g/mol. The fraction of sp³-hybridized carbons (Fsp3) is 0.364. The average Bonchev–Trinajstić information content (AvgIpc) is 2.56. The summed E-state index contributed by atoms with van der Waals surface area (Å²) in [5.41, 5.74) is -0.422. The smallest absolute Gasteiger partial charge is 0.348 e. The first kappa shape index (κ1) is 10.6. The van der Waals surface area contributed by atoms with Crippen molar-refractivity contribution in [3.05, 3.63) is 22.4 Å². The minimum Gasteiger partial charge on any atom is -0.456 e. The highest BCUT2D eigenvalue weighted by atomic mass is 32.2.